The Kier molecular flexibility index (Phi) is 5.99. The minimum atomic E-state index is -3.17. The van der Waals surface area contributed by atoms with Gasteiger partial charge in [0, 0.05) is 30.4 Å². The number of pyridine rings is 1. The number of H-pyrrole nitrogens is 1. The van der Waals surface area contributed by atoms with Crippen molar-refractivity contribution in [2.45, 2.75) is 25.7 Å². The first kappa shape index (κ1) is 23.6. The molecule has 1 aliphatic heterocycles. The predicted molar refractivity (Wildman–Crippen MR) is 114 cm³/mol. The van der Waals surface area contributed by atoms with Gasteiger partial charge in [0.1, 0.15) is 30.7 Å². The Morgan fingerprint density at radius 3 is 2.83 bits per heavy atom. The van der Waals surface area contributed by atoms with Crippen LogP contribution < -0.4 is 9.47 Å². The lowest BCUT2D eigenvalue weighted by Gasteiger charge is -2.24. The first-order valence-electron chi connectivity index (χ1n) is 10.5. The number of hydrogen-bond donors (Lipinski definition) is 2. The molecular weight excluding hydrogens is 492 g/mol. The van der Waals surface area contributed by atoms with E-state index in [1.54, 1.807) is 12.1 Å². The highest BCUT2D eigenvalue weighted by atomic mass is 19.3. The summed E-state index contributed by atoms with van der Waals surface area (Å²) in [5, 5.41) is 17.2. The van der Waals surface area contributed by atoms with Crippen molar-refractivity contribution in [3.63, 3.8) is 0 Å². The van der Waals surface area contributed by atoms with Crippen LogP contribution in [0, 0.1) is 0 Å². The molecule has 0 amide bonds. The molecule has 4 aromatic heterocycles. The molecule has 1 unspecified atom stereocenters. The van der Waals surface area contributed by atoms with Crippen LogP contribution in [0.25, 0.3) is 33.4 Å². The molecule has 2 N–H and O–H groups in total. The normalized spacial score (nSPS) is 15.5. The van der Waals surface area contributed by atoms with Crippen LogP contribution in [-0.2, 0) is 23.1 Å². The van der Waals surface area contributed by atoms with Crippen LogP contribution in [0.4, 0.5) is 17.6 Å². The lowest BCUT2D eigenvalue weighted by molar-refractivity contribution is -0.146. The maximum atomic E-state index is 14.2. The second-order valence-corrected chi connectivity index (χ2v) is 7.86. The van der Waals surface area contributed by atoms with Crippen molar-refractivity contribution < 1.29 is 41.7 Å². The van der Waals surface area contributed by atoms with Gasteiger partial charge in [0.15, 0.2) is 0 Å². The molecule has 0 aliphatic carbocycles. The van der Waals surface area contributed by atoms with Crippen molar-refractivity contribution in [2.75, 3.05) is 13.2 Å². The molecule has 0 bridgehead atoms. The van der Waals surface area contributed by atoms with Crippen LogP contribution in [0.3, 0.4) is 0 Å². The van der Waals surface area contributed by atoms with Gasteiger partial charge in [0.25, 0.3) is 6.43 Å². The van der Waals surface area contributed by atoms with E-state index in [1.165, 1.54) is 24.1 Å². The molecule has 36 heavy (non-hydrogen) atoms. The first-order chi connectivity index (χ1) is 17.2. The van der Waals surface area contributed by atoms with E-state index in [9.17, 15) is 22.4 Å². The summed E-state index contributed by atoms with van der Waals surface area (Å²) in [5.41, 5.74) is 0.0294. The molecule has 11 nitrogen and oxygen atoms in total. The third-order valence-corrected chi connectivity index (χ3v) is 5.45. The van der Waals surface area contributed by atoms with E-state index >= 15 is 0 Å². The molecule has 0 radical (unpaired) electrons. The molecule has 4 aromatic rings. The van der Waals surface area contributed by atoms with E-state index in [2.05, 4.69) is 24.9 Å². The largest absolute Gasteiger partial charge is 0.480 e. The van der Waals surface area contributed by atoms with Gasteiger partial charge in [-0.05, 0) is 12.1 Å². The molecule has 5 heterocycles. The number of aryl methyl sites for hydroxylation is 1. The Morgan fingerprint density at radius 1 is 1.31 bits per heavy atom. The summed E-state index contributed by atoms with van der Waals surface area (Å²) < 4.78 is 72.5. The number of aromatic nitrogens is 6. The van der Waals surface area contributed by atoms with Crippen LogP contribution >= 0.6 is 0 Å². The quantitative estimate of drug-likeness (QED) is 0.346. The smallest absolute Gasteiger partial charge is 0.388 e. The van der Waals surface area contributed by atoms with Crippen LogP contribution in [0.5, 0.6) is 11.8 Å². The third kappa shape index (κ3) is 4.21. The van der Waals surface area contributed by atoms with E-state index in [0.717, 1.165) is 4.68 Å². The van der Waals surface area contributed by atoms with Crippen molar-refractivity contribution in [1.29, 1.82) is 0 Å². The number of carboxylic acids is 1. The minimum absolute atomic E-state index is 0.0199. The Labute approximate surface area is 199 Å². The van der Waals surface area contributed by atoms with Gasteiger partial charge in [-0.2, -0.15) is 13.9 Å². The van der Waals surface area contributed by atoms with Gasteiger partial charge in [-0.25, -0.2) is 23.2 Å². The fourth-order valence-electron chi connectivity index (χ4n) is 4.13. The van der Waals surface area contributed by atoms with Crippen LogP contribution in [0.1, 0.15) is 12.1 Å². The van der Waals surface area contributed by atoms with Crippen LogP contribution in [0.2, 0.25) is 0 Å². The SMILES string of the molecule is Cn1cc(-c2c(-c3c(C(F)F)nn4c3OCC(OCC(=O)O)C4)[nH]c3ncccc23)c(OC(F)F)n1. The van der Waals surface area contributed by atoms with Crippen LogP contribution in [0.15, 0.2) is 24.5 Å². The molecule has 0 saturated carbocycles. The highest BCUT2D eigenvalue weighted by Crippen LogP contribution is 2.47. The topological polar surface area (TPSA) is 129 Å². The Bertz CT molecular complexity index is 1430. The number of hydrogen-bond acceptors (Lipinski definition) is 7. The molecule has 0 saturated heterocycles. The standard InChI is InChI=1S/C21H18F4N6O5/c1-30-6-11(19(29-30)36-21(24)25)13-10-3-2-4-26-18(10)27-15(13)14-16(17(22)23)28-31-5-9(7-35-20(14)31)34-8-12(32)33/h2-4,6,9,17,21H,5,7-8H2,1H3,(H,26,27)(H,32,33). The highest BCUT2D eigenvalue weighted by molar-refractivity contribution is 6.04. The average molecular weight is 510 g/mol. The van der Waals surface area contributed by atoms with Crippen LogP contribution in [-0.4, -0.2) is 66.5 Å². The maximum Gasteiger partial charge on any atom is 0.388 e. The highest BCUT2D eigenvalue weighted by Gasteiger charge is 2.35. The molecular formula is C21H18F4N6O5. The number of nitrogens with one attached hydrogen (secondary N) is 1. The minimum Gasteiger partial charge on any atom is -0.480 e. The number of alkyl halides is 4. The van der Waals surface area contributed by atoms with Gasteiger partial charge in [-0.15, -0.1) is 5.10 Å². The lowest BCUT2D eigenvalue weighted by atomic mass is 10.0. The van der Waals surface area contributed by atoms with E-state index < -0.39 is 43.3 Å². The Balaban J connectivity index is 1.70. The van der Waals surface area contributed by atoms with Crippen molar-refractivity contribution in [3.05, 3.63) is 30.2 Å². The molecule has 5 rings (SSSR count). The Morgan fingerprint density at radius 2 is 2.11 bits per heavy atom. The third-order valence-electron chi connectivity index (χ3n) is 5.45. The summed E-state index contributed by atoms with van der Waals surface area (Å²) in [5.74, 6) is -1.61. The Hall–Kier alpha value is -4.14. The summed E-state index contributed by atoms with van der Waals surface area (Å²) in [6.07, 6.45) is -0.863. The summed E-state index contributed by atoms with van der Waals surface area (Å²) in [4.78, 5) is 18.0. The number of halogens is 4. The molecule has 0 aromatic carbocycles. The zero-order valence-electron chi connectivity index (χ0n) is 18.5. The zero-order chi connectivity index (χ0) is 25.6. The molecule has 0 fully saturated rings. The number of carboxylic acid groups (broad SMARTS) is 1. The molecule has 15 heteroatoms. The number of carbonyl (C=O) groups is 1. The summed E-state index contributed by atoms with van der Waals surface area (Å²) in [7, 11) is 1.50. The van der Waals surface area contributed by atoms with Gasteiger partial charge in [-0.1, -0.05) is 0 Å². The maximum absolute atomic E-state index is 14.2. The first-order valence-corrected chi connectivity index (χ1v) is 10.5. The van der Waals surface area contributed by atoms with Gasteiger partial charge in [0.2, 0.25) is 11.8 Å². The van der Waals surface area contributed by atoms with Gasteiger partial charge in [-0.3, -0.25) is 4.68 Å². The average Bonchev–Trinajstić information content (AvgIpc) is 3.49. The number of aromatic amines is 1. The number of nitrogens with zero attached hydrogens (tertiary/aromatic N) is 5. The second-order valence-electron chi connectivity index (χ2n) is 7.86. The number of rotatable bonds is 8. The summed E-state index contributed by atoms with van der Waals surface area (Å²) >= 11 is 0. The molecule has 0 spiro atoms. The van der Waals surface area contributed by atoms with Gasteiger partial charge in [0.05, 0.1) is 23.4 Å². The predicted octanol–water partition coefficient (Wildman–Crippen LogP) is 3.23. The van der Waals surface area contributed by atoms with Crippen molar-refractivity contribution in [1.82, 2.24) is 29.5 Å². The fraction of sp³-hybridized carbons (Fsp3) is 0.333. The molecule has 1 atom stereocenters. The second kappa shape index (κ2) is 9.14. The fourth-order valence-corrected chi connectivity index (χ4v) is 4.13. The summed E-state index contributed by atoms with van der Waals surface area (Å²) in [6.45, 7) is -3.92. The lowest BCUT2D eigenvalue weighted by Crippen LogP contribution is -2.34. The van der Waals surface area contributed by atoms with Crippen molar-refractivity contribution in [3.8, 4) is 34.1 Å². The number of ether oxygens (including phenoxy) is 3. The van der Waals surface area contributed by atoms with E-state index in [4.69, 9.17) is 14.6 Å². The monoisotopic (exact) mass is 510 g/mol. The van der Waals surface area contributed by atoms with E-state index in [-0.39, 0.29) is 41.4 Å². The van der Waals surface area contributed by atoms with Crippen molar-refractivity contribution >= 4 is 17.0 Å². The number of fused-ring (bicyclic) bond motifs is 2. The van der Waals surface area contributed by atoms with E-state index in [0.29, 0.717) is 11.0 Å². The molecule has 190 valence electrons. The van der Waals surface area contributed by atoms with Gasteiger partial charge < -0.3 is 24.3 Å². The summed E-state index contributed by atoms with van der Waals surface area (Å²) in [6, 6.07) is 3.25. The van der Waals surface area contributed by atoms with E-state index in [1.807, 2.05) is 0 Å². The van der Waals surface area contributed by atoms with Crippen molar-refractivity contribution in [2.24, 2.45) is 7.05 Å². The number of aliphatic carboxylic acids is 1. The van der Waals surface area contributed by atoms with Gasteiger partial charge >= 0.3 is 12.6 Å². The zero-order valence-corrected chi connectivity index (χ0v) is 18.5. The molecule has 1 aliphatic rings.